The van der Waals surface area contributed by atoms with Crippen molar-refractivity contribution in [2.45, 2.75) is 20.5 Å². The first-order valence-corrected chi connectivity index (χ1v) is 9.12. The molecule has 4 rings (SSSR count). The van der Waals surface area contributed by atoms with E-state index in [2.05, 4.69) is 4.98 Å². The van der Waals surface area contributed by atoms with Crippen molar-refractivity contribution in [2.75, 3.05) is 7.11 Å². The number of nitrogens with zero attached hydrogens (tertiary/aromatic N) is 1. The zero-order chi connectivity index (χ0) is 20.5. The number of para-hydroxylation sites is 1. The van der Waals surface area contributed by atoms with E-state index in [1.54, 1.807) is 25.1 Å². The Kier molecular flexibility index (Phi) is 4.76. The summed E-state index contributed by atoms with van der Waals surface area (Å²) in [6.07, 6.45) is 0. The van der Waals surface area contributed by atoms with Gasteiger partial charge in [0.25, 0.3) is 0 Å². The second-order valence-corrected chi connectivity index (χ2v) is 6.74. The van der Waals surface area contributed by atoms with E-state index in [1.165, 1.54) is 13.2 Å². The molecular weight excluding hydrogens is 370 g/mol. The highest BCUT2D eigenvalue weighted by Gasteiger charge is 2.18. The van der Waals surface area contributed by atoms with E-state index in [0.717, 1.165) is 16.5 Å². The first-order valence-electron chi connectivity index (χ1n) is 9.12. The quantitative estimate of drug-likeness (QED) is 0.382. The van der Waals surface area contributed by atoms with E-state index in [-0.39, 0.29) is 6.61 Å². The van der Waals surface area contributed by atoms with Crippen molar-refractivity contribution in [1.29, 1.82) is 0 Å². The van der Waals surface area contributed by atoms with E-state index in [4.69, 9.17) is 13.9 Å². The van der Waals surface area contributed by atoms with Crippen molar-refractivity contribution in [3.8, 4) is 5.75 Å². The molecule has 6 nitrogen and oxygen atoms in total. The fraction of sp³-hybridized carbons (Fsp3) is 0.174. The van der Waals surface area contributed by atoms with Crippen LogP contribution < -0.4 is 10.4 Å². The minimum atomic E-state index is -0.517. The van der Waals surface area contributed by atoms with Crippen LogP contribution in [0.5, 0.6) is 5.75 Å². The second-order valence-electron chi connectivity index (χ2n) is 6.74. The number of methoxy groups -OCH3 is 1. The SMILES string of the molecule is COc1ccc2c(COC(=O)c3c(C)nc4ccccc4c3C)cc(=O)oc2c1. The molecule has 4 aromatic rings. The Morgan fingerprint density at radius 1 is 1.07 bits per heavy atom. The molecule has 0 aliphatic rings. The molecule has 29 heavy (non-hydrogen) atoms. The van der Waals surface area contributed by atoms with Gasteiger partial charge in [-0.05, 0) is 37.6 Å². The number of pyridine rings is 1. The van der Waals surface area contributed by atoms with Crippen molar-refractivity contribution in [3.05, 3.63) is 81.3 Å². The summed E-state index contributed by atoms with van der Waals surface area (Å²) in [7, 11) is 1.53. The van der Waals surface area contributed by atoms with Gasteiger partial charge in [0.2, 0.25) is 0 Å². The van der Waals surface area contributed by atoms with Crippen LogP contribution in [-0.4, -0.2) is 18.1 Å². The molecule has 0 saturated heterocycles. The molecule has 0 atom stereocenters. The molecule has 0 N–H and O–H groups in total. The predicted octanol–water partition coefficient (Wildman–Crippen LogP) is 4.32. The molecule has 0 fully saturated rings. The van der Waals surface area contributed by atoms with E-state index in [0.29, 0.717) is 33.5 Å². The lowest BCUT2D eigenvalue weighted by molar-refractivity contribution is 0.0472. The first-order chi connectivity index (χ1) is 14.0. The number of benzene rings is 2. The van der Waals surface area contributed by atoms with Crippen LogP contribution in [0.2, 0.25) is 0 Å². The molecule has 146 valence electrons. The predicted molar refractivity (Wildman–Crippen MR) is 109 cm³/mol. The van der Waals surface area contributed by atoms with Crippen molar-refractivity contribution in [3.63, 3.8) is 0 Å². The maximum Gasteiger partial charge on any atom is 0.340 e. The topological polar surface area (TPSA) is 78.6 Å². The summed E-state index contributed by atoms with van der Waals surface area (Å²) in [5.74, 6) is 0.0939. The van der Waals surface area contributed by atoms with Gasteiger partial charge in [-0.15, -0.1) is 0 Å². The average molecular weight is 389 g/mol. The Hall–Kier alpha value is -3.67. The molecule has 0 spiro atoms. The van der Waals surface area contributed by atoms with Gasteiger partial charge in [0.1, 0.15) is 17.9 Å². The van der Waals surface area contributed by atoms with Gasteiger partial charge < -0.3 is 13.9 Å². The Bertz CT molecular complexity index is 1310. The molecule has 0 amide bonds. The highest BCUT2D eigenvalue weighted by molar-refractivity contribution is 5.98. The Balaban J connectivity index is 1.67. The average Bonchev–Trinajstić information content (AvgIpc) is 2.71. The highest BCUT2D eigenvalue weighted by Crippen LogP contribution is 2.25. The number of hydrogen-bond donors (Lipinski definition) is 0. The van der Waals surface area contributed by atoms with E-state index >= 15 is 0 Å². The molecule has 2 heterocycles. The summed E-state index contributed by atoms with van der Waals surface area (Å²) in [6.45, 7) is 3.61. The first kappa shape index (κ1) is 18.7. The van der Waals surface area contributed by atoms with Crippen LogP contribution in [0.4, 0.5) is 0 Å². The lowest BCUT2D eigenvalue weighted by Crippen LogP contribution is -2.12. The minimum absolute atomic E-state index is 0.0566. The smallest absolute Gasteiger partial charge is 0.340 e. The molecule has 2 aromatic carbocycles. The van der Waals surface area contributed by atoms with Gasteiger partial charge in [-0.3, -0.25) is 4.98 Å². The molecule has 6 heteroatoms. The summed E-state index contributed by atoms with van der Waals surface area (Å²) >= 11 is 0. The molecule has 0 radical (unpaired) electrons. The third kappa shape index (κ3) is 3.45. The lowest BCUT2D eigenvalue weighted by Gasteiger charge is -2.13. The van der Waals surface area contributed by atoms with Crippen molar-refractivity contribution in [1.82, 2.24) is 4.98 Å². The highest BCUT2D eigenvalue weighted by atomic mass is 16.5. The number of aryl methyl sites for hydroxylation is 2. The van der Waals surface area contributed by atoms with Crippen LogP contribution in [0.1, 0.15) is 27.2 Å². The maximum atomic E-state index is 12.8. The summed E-state index contributed by atoms with van der Waals surface area (Å²) in [5, 5.41) is 1.59. The number of ether oxygens (including phenoxy) is 2. The number of rotatable bonds is 4. The summed E-state index contributed by atoms with van der Waals surface area (Å²) in [5.41, 5.74) is 3.13. The molecule has 0 unspecified atom stereocenters. The molecule has 0 saturated carbocycles. The zero-order valence-electron chi connectivity index (χ0n) is 16.3. The minimum Gasteiger partial charge on any atom is -0.497 e. The van der Waals surface area contributed by atoms with Crippen molar-refractivity contribution < 1.29 is 18.7 Å². The van der Waals surface area contributed by atoms with Gasteiger partial charge in [0, 0.05) is 28.5 Å². The van der Waals surface area contributed by atoms with Crippen molar-refractivity contribution in [2.24, 2.45) is 0 Å². The fourth-order valence-electron chi connectivity index (χ4n) is 3.50. The zero-order valence-corrected chi connectivity index (χ0v) is 16.3. The number of fused-ring (bicyclic) bond motifs is 2. The van der Waals surface area contributed by atoms with Crippen LogP contribution in [0.15, 0.2) is 57.7 Å². The molecular formula is C23H19NO5. The number of carbonyl (C=O) groups excluding carboxylic acids is 1. The summed E-state index contributed by atoms with van der Waals surface area (Å²) < 4.78 is 16.0. The van der Waals surface area contributed by atoms with Crippen LogP contribution in [-0.2, 0) is 11.3 Å². The largest absolute Gasteiger partial charge is 0.497 e. The van der Waals surface area contributed by atoms with Crippen molar-refractivity contribution >= 4 is 27.8 Å². The monoisotopic (exact) mass is 389 g/mol. The molecule has 0 aliphatic carbocycles. The molecule has 0 aliphatic heterocycles. The van der Waals surface area contributed by atoms with E-state index in [1.807, 2.05) is 31.2 Å². The Labute approximate surface area is 166 Å². The number of carbonyl (C=O) groups is 1. The summed E-state index contributed by atoms with van der Waals surface area (Å²) in [4.78, 5) is 29.3. The van der Waals surface area contributed by atoms with Crippen LogP contribution in [0, 0.1) is 13.8 Å². The normalized spacial score (nSPS) is 11.0. The van der Waals surface area contributed by atoms with Gasteiger partial charge >= 0.3 is 11.6 Å². The number of aromatic nitrogens is 1. The Morgan fingerprint density at radius 2 is 1.86 bits per heavy atom. The third-order valence-corrected chi connectivity index (χ3v) is 4.93. The number of esters is 1. The van der Waals surface area contributed by atoms with Gasteiger partial charge in [0.05, 0.1) is 23.9 Å². The molecule has 0 bridgehead atoms. The number of hydrogen-bond acceptors (Lipinski definition) is 6. The van der Waals surface area contributed by atoms with Gasteiger partial charge in [-0.1, -0.05) is 18.2 Å². The standard InChI is InChI=1S/C23H19NO5/c1-13-17-6-4-5-7-19(17)24-14(2)22(13)23(26)28-12-15-10-21(25)29-20-11-16(27-3)8-9-18(15)20/h4-11H,12H2,1-3H3. The van der Waals surface area contributed by atoms with Gasteiger partial charge in [0.15, 0.2) is 0 Å². The van der Waals surface area contributed by atoms with E-state index in [9.17, 15) is 9.59 Å². The third-order valence-electron chi connectivity index (χ3n) is 4.93. The Morgan fingerprint density at radius 3 is 2.66 bits per heavy atom. The van der Waals surface area contributed by atoms with Crippen LogP contribution in [0.25, 0.3) is 21.9 Å². The second kappa shape index (κ2) is 7.39. The summed E-state index contributed by atoms with van der Waals surface area (Å²) in [6, 6.07) is 14.2. The fourth-order valence-corrected chi connectivity index (χ4v) is 3.50. The van der Waals surface area contributed by atoms with Crippen LogP contribution in [0.3, 0.4) is 0 Å². The van der Waals surface area contributed by atoms with E-state index < -0.39 is 11.6 Å². The molecule has 2 aromatic heterocycles. The van der Waals surface area contributed by atoms with Gasteiger partial charge in [-0.25, -0.2) is 9.59 Å². The lowest BCUT2D eigenvalue weighted by atomic mass is 10.0. The van der Waals surface area contributed by atoms with Gasteiger partial charge in [-0.2, -0.15) is 0 Å². The van der Waals surface area contributed by atoms with Crippen LogP contribution >= 0.6 is 0 Å². The maximum absolute atomic E-state index is 12.8.